The van der Waals surface area contributed by atoms with E-state index < -0.39 is 34.6 Å². The van der Waals surface area contributed by atoms with Crippen LogP contribution in [-0.4, -0.2) is 28.7 Å². The third-order valence-corrected chi connectivity index (χ3v) is 4.90. The van der Waals surface area contributed by atoms with Crippen LogP contribution in [0.1, 0.15) is 5.56 Å². The molecule has 0 saturated heterocycles. The fourth-order valence-corrected chi connectivity index (χ4v) is 3.19. The van der Waals surface area contributed by atoms with Gasteiger partial charge in [-0.05, 0) is 36.4 Å². The number of hydrogen-bond acceptors (Lipinski definition) is 6. The minimum atomic E-state index is -1.70. The summed E-state index contributed by atoms with van der Waals surface area (Å²) in [6, 6.07) is 9.88. The molecule has 0 atom stereocenters. The highest BCUT2D eigenvalue weighted by Crippen LogP contribution is 2.25. The Morgan fingerprint density at radius 2 is 1.90 bits per heavy atom. The first-order valence-electron chi connectivity index (χ1n) is 8.59. The number of carbonyl (C=O) groups is 1. The van der Waals surface area contributed by atoms with E-state index in [1.54, 1.807) is 30.3 Å². The van der Waals surface area contributed by atoms with Gasteiger partial charge in [0.05, 0.1) is 24.2 Å². The van der Waals surface area contributed by atoms with Crippen molar-refractivity contribution in [3.05, 3.63) is 69.8 Å². The van der Waals surface area contributed by atoms with E-state index in [9.17, 15) is 28.0 Å². The van der Waals surface area contributed by atoms with Crippen LogP contribution in [0, 0.1) is 28.8 Å². The SMILES string of the molecule is COc1ccc(-c2nc(SCC(=O)Nc3ccc(F)c(F)c3F)[nH]c(=O)c2C#N)cc1. The van der Waals surface area contributed by atoms with E-state index in [0.717, 1.165) is 17.8 Å². The van der Waals surface area contributed by atoms with Crippen LogP contribution in [0.15, 0.2) is 46.3 Å². The molecule has 0 radical (unpaired) electrons. The van der Waals surface area contributed by atoms with Crippen LogP contribution in [0.5, 0.6) is 5.75 Å². The van der Waals surface area contributed by atoms with Gasteiger partial charge in [0, 0.05) is 5.56 Å². The molecule has 0 saturated carbocycles. The van der Waals surface area contributed by atoms with Crippen LogP contribution >= 0.6 is 11.8 Å². The Morgan fingerprint density at radius 1 is 1.19 bits per heavy atom. The van der Waals surface area contributed by atoms with Crippen LogP contribution in [0.3, 0.4) is 0 Å². The highest BCUT2D eigenvalue weighted by molar-refractivity contribution is 7.99. The molecule has 0 aliphatic rings. The first kappa shape index (κ1) is 21.9. The molecule has 7 nitrogen and oxygen atoms in total. The number of anilines is 1. The van der Waals surface area contributed by atoms with Crippen molar-refractivity contribution in [1.82, 2.24) is 9.97 Å². The van der Waals surface area contributed by atoms with Crippen LogP contribution in [0.25, 0.3) is 11.3 Å². The van der Waals surface area contributed by atoms with Crippen molar-refractivity contribution >= 4 is 23.4 Å². The van der Waals surface area contributed by atoms with Gasteiger partial charge in [0.2, 0.25) is 5.91 Å². The number of ether oxygens (including phenoxy) is 1. The number of nitrogens with zero attached hydrogens (tertiary/aromatic N) is 2. The number of rotatable bonds is 6. The first-order chi connectivity index (χ1) is 14.8. The maximum absolute atomic E-state index is 13.7. The lowest BCUT2D eigenvalue weighted by Gasteiger charge is -2.09. The summed E-state index contributed by atoms with van der Waals surface area (Å²) in [5, 5.41) is 11.5. The van der Waals surface area contributed by atoms with E-state index in [-0.39, 0.29) is 22.2 Å². The summed E-state index contributed by atoms with van der Waals surface area (Å²) < 4.78 is 45.0. The van der Waals surface area contributed by atoms with Gasteiger partial charge in [-0.3, -0.25) is 9.59 Å². The zero-order valence-electron chi connectivity index (χ0n) is 15.8. The Labute approximate surface area is 177 Å². The molecule has 3 rings (SSSR count). The fourth-order valence-electron chi connectivity index (χ4n) is 2.53. The Hall–Kier alpha value is -3.78. The number of thioether (sulfide) groups is 1. The number of halogens is 3. The van der Waals surface area contributed by atoms with Gasteiger partial charge < -0.3 is 15.0 Å². The second-order valence-corrected chi connectivity index (χ2v) is 6.96. The first-order valence-corrected chi connectivity index (χ1v) is 9.57. The molecule has 3 aromatic rings. The summed E-state index contributed by atoms with van der Waals surface area (Å²) in [6.45, 7) is 0. The molecule has 0 fully saturated rings. The average molecular weight is 446 g/mol. The van der Waals surface area contributed by atoms with Crippen molar-refractivity contribution in [3.63, 3.8) is 0 Å². The number of carbonyl (C=O) groups excluding carboxylic acids is 1. The zero-order chi connectivity index (χ0) is 22.5. The molecule has 2 aromatic carbocycles. The van der Waals surface area contributed by atoms with Crippen molar-refractivity contribution in [2.24, 2.45) is 0 Å². The lowest BCUT2D eigenvalue weighted by Crippen LogP contribution is -2.18. The smallest absolute Gasteiger partial charge is 0.270 e. The van der Waals surface area contributed by atoms with E-state index in [0.29, 0.717) is 17.4 Å². The van der Waals surface area contributed by atoms with E-state index in [1.165, 1.54) is 7.11 Å². The molecular weight excluding hydrogens is 433 g/mol. The number of benzene rings is 2. The number of methoxy groups -OCH3 is 1. The number of hydrogen-bond donors (Lipinski definition) is 2. The van der Waals surface area contributed by atoms with Gasteiger partial charge in [-0.1, -0.05) is 11.8 Å². The van der Waals surface area contributed by atoms with Crippen LogP contribution < -0.4 is 15.6 Å². The number of aromatic amines is 1. The molecular formula is C20H13F3N4O3S. The average Bonchev–Trinajstić information content (AvgIpc) is 2.77. The van der Waals surface area contributed by atoms with E-state index in [4.69, 9.17) is 4.74 Å². The van der Waals surface area contributed by atoms with Gasteiger partial charge >= 0.3 is 0 Å². The van der Waals surface area contributed by atoms with Crippen molar-refractivity contribution in [1.29, 1.82) is 5.26 Å². The van der Waals surface area contributed by atoms with E-state index in [1.807, 2.05) is 0 Å². The molecule has 2 N–H and O–H groups in total. The normalized spacial score (nSPS) is 10.4. The van der Waals surface area contributed by atoms with Crippen molar-refractivity contribution in [3.8, 4) is 23.1 Å². The van der Waals surface area contributed by atoms with Crippen molar-refractivity contribution in [2.75, 3.05) is 18.2 Å². The Balaban J connectivity index is 1.80. The molecule has 11 heteroatoms. The van der Waals surface area contributed by atoms with Gasteiger partial charge in [-0.15, -0.1) is 0 Å². The van der Waals surface area contributed by atoms with Crippen LogP contribution in [0.4, 0.5) is 18.9 Å². The van der Waals surface area contributed by atoms with Gasteiger partial charge in [-0.2, -0.15) is 5.26 Å². The van der Waals surface area contributed by atoms with Gasteiger partial charge in [-0.25, -0.2) is 18.2 Å². The number of amides is 1. The molecule has 158 valence electrons. The maximum Gasteiger partial charge on any atom is 0.270 e. The molecule has 1 heterocycles. The summed E-state index contributed by atoms with van der Waals surface area (Å²) in [7, 11) is 1.49. The quantitative estimate of drug-likeness (QED) is 0.341. The molecule has 31 heavy (non-hydrogen) atoms. The monoisotopic (exact) mass is 446 g/mol. The second kappa shape index (κ2) is 9.36. The number of nitriles is 1. The zero-order valence-corrected chi connectivity index (χ0v) is 16.6. The summed E-state index contributed by atoms with van der Waals surface area (Å²) in [5.74, 6) is -5.10. The maximum atomic E-state index is 13.7. The minimum absolute atomic E-state index is 0.0377. The highest BCUT2D eigenvalue weighted by atomic mass is 32.2. The van der Waals surface area contributed by atoms with Gasteiger partial charge in [0.25, 0.3) is 5.56 Å². The molecule has 1 amide bonds. The molecule has 0 aliphatic carbocycles. The van der Waals surface area contributed by atoms with Crippen molar-refractivity contribution in [2.45, 2.75) is 5.16 Å². The fraction of sp³-hybridized carbons (Fsp3) is 0.100. The molecule has 0 bridgehead atoms. The lowest BCUT2D eigenvalue weighted by molar-refractivity contribution is -0.113. The van der Waals surface area contributed by atoms with E-state index in [2.05, 4.69) is 15.3 Å². The Kier molecular flexibility index (Phi) is 6.61. The lowest BCUT2D eigenvalue weighted by atomic mass is 10.1. The number of nitrogens with one attached hydrogen (secondary N) is 2. The number of H-pyrrole nitrogens is 1. The van der Waals surface area contributed by atoms with Crippen molar-refractivity contribution < 1.29 is 22.7 Å². The molecule has 0 unspecified atom stereocenters. The predicted octanol–water partition coefficient (Wildman–Crippen LogP) is 3.47. The van der Waals surface area contributed by atoms with Gasteiger partial charge in [0.15, 0.2) is 22.6 Å². The van der Waals surface area contributed by atoms with E-state index >= 15 is 0 Å². The molecule has 1 aromatic heterocycles. The summed E-state index contributed by atoms with van der Waals surface area (Å²) in [5.41, 5.74) is -0.826. The Morgan fingerprint density at radius 3 is 2.55 bits per heavy atom. The minimum Gasteiger partial charge on any atom is -0.497 e. The standard InChI is InChI=1S/C20H13F3N4O3S/c1-30-11-4-2-10(3-5-11)18-12(8-24)19(29)27-20(26-18)31-9-15(28)25-14-7-6-13(21)16(22)17(14)23/h2-7H,9H2,1H3,(H,25,28)(H,26,27,29). The van der Waals surface area contributed by atoms with Gasteiger partial charge in [0.1, 0.15) is 17.4 Å². The van der Waals surface area contributed by atoms with Crippen LogP contribution in [0.2, 0.25) is 0 Å². The largest absolute Gasteiger partial charge is 0.497 e. The second-order valence-electron chi connectivity index (χ2n) is 5.99. The Bertz CT molecular complexity index is 1240. The summed E-state index contributed by atoms with van der Waals surface area (Å²) in [6.07, 6.45) is 0. The van der Waals surface area contributed by atoms with Crippen LogP contribution in [-0.2, 0) is 4.79 Å². The third-order valence-electron chi connectivity index (χ3n) is 4.02. The topological polar surface area (TPSA) is 108 Å². The molecule has 0 spiro atoms. The molecule has 0 aliphatic heterocycles. The third kappa shape index (κ3) is 4.87. The number of aromatic nitrogens is 2. The summed E-state index contributed by atoms with van der Waals surface area (Å²) >= 11 is 0.808. The predicted molar refractivity (Wildman–Crippen MR) is 107 cm³/mol. The summed E-state index contributed by atoms with van der Waals surface area (Å²) in [4.78, 5) is 30.9. The highest BCUT2D eigenvalue weighted by Gasteiger charge is 2.17.